The van der Waals surface area contributed by atoms with Gasteiger partial charge in [0.1, 0.15) is 11.6 Å². The third kappa shape index (κ3) is 1.95. The van der Waals surface area contributed by atoms with Crippen molar-refractivity contribution in [1.29, 1.82) is 0 Å². The summed E-state index contributed by atoms with van der Waals surface area (Å²) in [6.45, 7) is 6.05. The Bertz CT molecular complexity index is 703. The van der Waals surface area contributed by atoms with Crippen molar-refractivity contribution in [1.82, 2.24) is 14.5 Å². The lowest BCUT2D eigenvalue weighted by Crippen LogP contribution is -2.26. The number of fused-ring (bicyclic) bond motifs is 1. The van der Waals surface area contributed by atoms with E-state index in [-0.39, 0.29) is 23.8 Å². The second kappa shape index (κ2) is 4.69. The number of nitrogens with zero attached hydrogens (tertiary/aromatic N) is 3. The second-order valence-corrected chi connectivity index (χ2v) is 5.73. The van der Waals surface area contributed by atoms with Gasteiger partial charge in [-0.15, -0.1) is 0 Å². The molecule has 1 amide bonds. The van der Waals surface area contributed by atoms with E-state index in [2.05, 4.69) is 23.4 Å². The average Bonchev–Trinajstić information content (AvgIpc) is 2.87. The molecule has 1 aromatic carbocycles. The van der Waals surface area contributed by atoms with Gasteiger partial charge in [0.05, 0.1) is 11.7 Å². The molecule has 1 atom stereocenters. The second-order valence-electron chi connectivity index (χ2n) is 5.73. The molecule has 0 bridgehead atoms. The number of hydrogen-bond donors (Lipinski definition) is 0. The molecule has 1 aliphatic rings. The number of benzene rings is 1. The zero-order chi connectivity index (χ0) is 15.3. The molecule has 110 valence electrons. The van der Waals surface area contributed by atoms with Crippen LogP contribution in [-0.2, 0) is 0 Å². The maximum Gasteiger partial charge on any atom is 0.275 e. The van der Waals surface area contributed by atoms with E-state index in [1.807, 2.05) is 6.92 Å². The molecule has 1 unspecified atom stereocenters. The highest BCUT2D eigenvalue weighted by molar-refractivity contribution is 5.97. The van der Waals surface area contributed by atoms with Crippen molar-refractivity contribution in [2.75, 3.05) is 7.05 Å². The molecule has 3 rings (SSSR count). The highest BCUT2D eigenvalue weighted by Crippen LogP contribution is 2.39. The topological polar surface area (TPSA) is 38.1 Å². The Kier molecular flexibility index (Phi) is 3.08. The Morgan fingerprint density at radius 3 is 2.43 bits per heavy atom. The third-order valence-electron chi connectivity index (χ3n) is 4.00. The smallest absolute Gasteiger partial charge is 0.275 e. The summed E-state index contributed by atoms with van der Waals surface area (Å²) >= 11 is 0. The highest BCUT2D eigenvalue weighted by atomic mass is 19.1. The number of carbonyl (C=O) groups excluding carboxylic acids is 1. The van der Waals surface area contributed by atoms with Gasteiger partial charge in [-0.25, -0.2) is 9.37 Å². The number of aromatic nitrogens is 2. The SMILES string of the molecule is Cc1nc2c(n1C(C)C)C(c1ccc(F)cc1)N(C)C2=O. The first-order chi connectivity index (χ1) is 9.91. The van der Waals surface area contributed by atoms with Crippen molar-refractivity contribution >= 4 is 5.91 Å². The predicted octanol–water partition coefficient (Wildman–Crippen LogP) is 3.09. The Labute approximate surface area is 123 Å². The lowest BCUT2D eigenvalue weighted by atomic mass is 10.0. The molecule has 2 aromatic rings. The fraction of sp³-hybridized carbons (Fsp3) is 0.375. The lowest BCUT2D eigenvalue weighted by molar-refractivity contribution is 0.0786. The number of hydrogen-bond acceptors (Lipinski definition) is 2. The maximum absolute atomic E-state index is 13.2. The van der Waals surface area contributed by atoms with Crippen LogP contribution >= 0.6 is 0 Å². The molecule has 0 fully saturated rings. The fourth-order valence-electron chi connectivity index (χ4n) is 3.13. The quantitative estimate of drug-likeness (QED) is 0.851. The molecule has 0 saturated carbocycles. The van der Waals surface area contributed by atoms with Gasteiger partial charge in [-0.3, -0.25) is 4.79 Å². The van der Waals surface area contributed by atoms with Crippen LogP contribution in [0, 0.1) is 12.7 Å². The molecule has 4 nitrogen and oxygen atoms in total. The van der Waals surface area contributed by atoms with Crippen LogP contribution in [0.15, 0.2) is 24.3 Å². The molecule has 1 aromatic heterocycles. The molecule has 0 N–H and O–H groups in total. The molecule has 21 heavy (non-hydrogen) atoms. The number of halogens is 1. The van der Waals surface area contributed by atoms with Gasteiger partial charge in [0.25, 0.3) is 5.91 Å². The van der Waals surface area contributed by atoms with Crippen molar-refractivity contribution < 1.29 is 9.18 Å². The molecule has 0 saturated heterocycles. The van der Waals surface area contributed by atoms with Gasteiger partial charge >= 0.3 is 0 Å². The van der Waals surface area contributed by atoms with Gasteiger partial charge < -0.3 is 9.47 Å². The van der Waals surface area contributed by atoms with Crippen LogP contribution < -0.4 is 0 Å². The van der Waals surface area contributed by atoms with Crippen molar-refractivity contribution in [2.24, 2.45) is 0 Å². The third-order valence-corrected chi connectivity index (χ3v) is 4.00. The molecule has 2 heterocycles. The van der Waals surface area contributed by atoms with Gasteiger partial charge in [0, 0.05) is 13.1 Å². The summed E-state index contributed by atoms with van der Waals surface area (Å²) in [5.41, 5.74) is 2.31. The fourth-order valence-corrected chi connectivity index (χ4v) is 3.13. The van der Waals surface area contributed by atoms with Gasteiger partial charge in [0.2, 0.25) is 0 Å². The first-order valence-electron chi connectivity index (χ1n) is 7.03. The molecule has 0 aliphatic carbocycles. The van der Waals surface area contributed by atoms with Crippen LogP contribution in [0.5, 0.6) is 0 Å². The first kappa shape index (κ1) is 13.8. The maximum atomic E-state index is 13.2. The van der Waals surface area contributed by atoms with Crippen LogP contribution in [0.3, 0.4) is 0 Å². The van der Waals surface area contributed by atoms with Crippen LogP contribution in [0.25, 0.3) is 0 Å². The van der Waals surface area contributed by atoms with Crippen molar-refractivity contribution in [3.8, 4) is 0 Å². The highest BCUT2D eigenvalue weighted by Gasteiger charge is 2.40. The first-order valence-corrected chi connectivity index (χ1v) is 7.03. The number of amides is 1. The van der Waals surface area contributed by atoms with E-state index in [9.17, 15) is 9.18 Å². The van der Waals surface area contributed by atoms with E-state index >= 15 is 0 Å². The number of rotatable bonds is 2. The minimum atomic E-state index is -0.278. The van der Waals surface area contributed by atoms with Crippen molar-refractivity contribution in [2.45, 2.75) is 32.9 Å². The van der Waals surface area contributed by atoms with Crippen LogP contribution in [0.1, 0.15) is 53.5 Å². The van der Waals surface area contributed by atoms with E-state index in [0.717, 1.165) is 17.1 Å². The summed E-state index contributed by atoms with van der Waals surface area (Å²) in [7, 11) is 1.76. The van der Waals surface area contributed by atoms with E-state index in [4.69, 9.17) is 0 Å². The Morgan fingerprint density at radius 2 is 1.86 bits per heavy atom. The zero-order valence-electron chi connectivity index (χ0n) is 12.6. The van der Waals surface area contributed by atoms with Gasteiger partial charge in [-0.1, -0.05) is 12.1 Å². The van der Waals surface area contributed by atoms with E-state index in [1.54, 1.807) is 24.1 Å². The summed E-state index contributed by atoms with van der Waals surface area (Å²) in [5.74, 6) is 0.477. The van der Waals surface area contributed by atoms with E-state index < -0.39 is 0 Å². The lowest BCUT2D eigenvalue weighted by Gasteiger charge is -2.24. The molecule has 0 spiro atoms. The van der Waals surface area contributed by atoms with Crippen LogP contribution in [0.4, 0.5) is 4.39 Å². The number of imidazole rings is 1. The summed E-state index contributed by atoms with van der Waals surface area (Å²) < 4.78 is 15.2. The molecular weight excluding hydrogens is 269 g/mol. The summed E-state index contributed by atoms with van der Waals surface area (Å²) in [4.78, 5) is 18.5. The van der Waals surface area contributed by atoms with Gasteiger partial charge in [-0.05, 0) is 38.5 Å². The van der Waals surface area contributed by atoms with Crippen molar-refractivity contribution in [3.05, 3.63) is 52.9 Å². The summed E-state index contributed by atoms with van der Waals surface area (Å²) in [5, 5.41) is 0. The number of carbonyl (C=O) groups is 1. The number of aryl methyl sites for hydroxylation is 1. The Balaban J connectivity index is 2.20. The van der Waals surface area contributed by atoms with Crippen LogP contribution in [0.2, 0.25) is 0 Å². The Hall–Kier alpha value is -2.17. The van der Waals surface area contributed by atoms with Gasteiger partial charge in [0.15, 0.2) is 5.69 Å². The van der Waals surface area contributed by atoms with E-state index in [1.165, 1.54) is 12.1 Å². The van der Waals surface area contributed by atoms with Crippen LogP contribution in [-0.4, -0.2) is 27.4 Å². The van der Waals surface area contributed by atoms with Crippen molar-refractivity contribution in [3.63, 3.8) is 0 Å². The average molecular weight is 287 g/mol. The Morgan fingerprint density at radius 1 is 1.24 bits per heavy atom. The molecule has 5 heteroatoms. The largest absolute Gasteiger partial charge is 0.328 e. The monoisotopic (exact) mass is 287 g/mol. The summed E-state index contributed by atoms with van der Waals surface area (Å²) in [6, 6.07) is 6.31. The normalized spacial score (nSPS) is 17.7. The van der Waals surface area contributed by atoms with E-state index in [0.29, 0.717) is 5.69 Å². The molecule has 1 aliphatic heterocycles. The molecule has 0 radical (unpaired) electrons. The standard InChI is InChI=1S/C16H18FN3O/c1-9(2)20-10(3)18-13-15(20)14(19(4)16(13)21)11-5-7-12(17)8-6-11/h5-9,14H,1-4H3. The molecular formula is C16H18FN3O. The minimum absolute atomic E-state index is 0.0816. The zero-order valence-corrected chi connectivity index (χ0v) is 12.6. The predicted molar refractivity (Wildman–Crippen MR) is 77.7 cm³/mol. The minimum Gasteiger partial charge on any atom is -0.328 e. The summed E-state index contributed by atoms with van der Waals surface area (Å²) in [6.07, 6.45) is 0. The van der Waals surface area contributed by atoms with Gasteiger partial charge in [-0.2, -0.15) is 0 Å².